The summed E-state index contributed by atoms with van der Waals surface area (Å²) in [7, 11) is 0. The third-order valence-corrected chi connectivity index (χ3v) is 6.75. The first kappa shape index (κ1) is 17.6. The first-order valence-corrected chi connectivity index (χ1v) is 11.1. The van der Waals surface area contributed by atoms with Gasteiger partial charge in [-0.25, -0.2) is 0 Å². The molecule has 7 rings (SSSR count). The van der Waals surface area contributed by atoms with Crippen molar-refractivity contribution in [3.8, 4) is 0 Å². The summed E-state index contributed by atoms with van der Waals surface area (Å²) in [5.74, 6) is 1.34. The van der Waals surface area contributed by atoms with Crippen molar-refractivity contribution in [2.24, 2.45) is 0 Å². The molecule has 0 atom stereocenters. The Bertz CT molecular complexity index is 1710. The number of rotatable bonds is 2. The van der Waals surface area contributed by atoms with E-state index in [9.17, 15) is 0 Å². The zero-order chi connectivity index (χ0) is 21.1. The van der Waals surface area contributed by atoms with E-state index in [1.807, 2.05) is 0 Å². The maximum Gasteiger partial charge on any atom is 0.0541 e. The summed E-state index contributed by atoms with van der Waals surface area (Å²) in [5, 5.41) is 5.13. The summed E-state index contributed by atoms with van der Waals surface area (Å²) < 4.78 is 0. The minimum Gasteiger partial charge on any atom is -0.354 e. The van der Waals surface area contributed by atoms with E-state index >= 15 is 0 Å². The number of hydrogen-bond acceptors (Lipinski definition) is 0. The number of fused-ring (bicyclic) bond motifs is 6. The van der Waals surface area contributed by atoms with Gasteiger partial charge in [-0.3, -0.25) is 0 Å². The Morgan fingerprint density at radius 3 is 1.78 bits per heavy atom. The smallest absolute Gasteiger partial charge is 0.0541 e. The maximum atomic E-state index is 3.67. The number of benzene rings is 4. The molecule has 0 fully saturated rings. The monoisotopic (exact) mass is 409 g/mol. The number of para-hydroxylation sites is 4. The lowest BCUT2D eigenvalue weighted by Crippen LogP contribution is -2.03. The van der Waals surface area contributed by atoms with E-state index in [4.69, 9.17) is 0 Å². The highest BCUT2D eigenvalue weighted by Crippen LogP contribution is 2.40. The summed E-state index contributed by atoms with van der Waals surface area (Å²) in [6, 6.07) is 30.4. The summed E-state index contributed by atoms with van der Waals surface area (Å²) in [5.41, 5.74) is 8.72. The lowest BCUT2D eigenvalue weighted by Gasteiger charge is -2.20. The van der Waals surface area contributed by atoms with Crippen molar-refractivity contribution < 1.29 is 0 Å². The fourth-order valence-corrected chi connectivity index (χ4v) is 5.25. The van der Waals surface area contributed by atoms with Crippen molar-refractivity contribution in [2.45, 2.75) is 6.42 Å². The van der Waals surface area contributed by atoms with Gasteiger partial charge in [0.2, 0.25) is 0 Å². The van der Waals surface area contributed by atoms with Gasteiger partial charge in [0.05, 0.1) is 11.0 Å². The Balaban J connectivity index is 1.35. The van der Waals surface area contributed by atoms with Crippen molar-refractivity contribution in [1.29, 1.82) is 0 Å². The average molecular weight is 410 g/mol. The lowest BCUT2D eigenvalue weighted by molar-refractivity contribution is 1.12. The fourth-order valence-electron chi connectivity index (χ4n) is 5.25. The number of nitrogens with one attached hydrogen (secondary N) is 2. The van der Waals surface area contributed by atoms with Gasteiger partial charge in [-0.15, -0.1) is 0 Å². The molecule has 0 bridgehead atoms. The van der Waals surface area contributed by atoms with Gasteiger partial charge in [0.15, 0.2) is 0 Å². The molecule has 2 N–H and O–H groups in total. The van der Waals surface area contributed by atoms with Gasteiger partial charge < -0.3 is 9.97 Å². The van der Waals surface area contributed by atoms with Crippen molar-refractivity contribution in [2.75, 3.05) is 0 Å². The van der Waals surface area contributed by atoms with Crippen molar-refractivity contribution >= 4 is 49.2 Å². The Hall–Kier alpha value is -4.04. The average Bonchev–Trinajstić information content (AvgIpc) is 3.42. The number of H-pyrrole nitrogens is 2. The van der Waals surface area contributed by atoms with Gasteiger partial charge in [-0.2, -0.15) is 0 Å². The van der Waals surface area contributed by atoms with Gasteiger partial charge in [0, 0.05) is 44.1 Å². The molecule has 0 amide bonds. The molecule has 1 aliphatic rings. The molecular formula is C30H21N2. The molecule has 0 saturated carbocycles. The zero-order valence-corrected chi connectivity index (χ0v) is 17.5. The van der Waals surface area contributed by atoms with Gasteiger partial charge in [-0.1, -0.05) is 91.0 Å². The van der Waals surface area contributed by atoms with Crippen molar-refractivity contribution in [3.63, 3.8) is 0 Å². The first-order chi connectivity index (χ1) is 15.9. The SMILES string of the molecule is C1=C[C](c2cccc3c2[nH]c2ccccc23)CC(c2cccc3c2[nH]c2ccccc23)=C1. The zero-order valence-electron chi connectivity index (χ0n) is 17.5. The molecule has 0 saturated heterocycles. The molecule has 4 aromatic carbocycles. The van der Waals surface area contributed by atoms with E-state index in [1.165, 1.54) is 66.2 Å². The number of aromatic amines is 2. The third kappa shape index (κ3) is 2.53. The summed E-state index contributed by atoms with van der Waals surface area (Å²) in [4.78, 5) is 7.33. The largest absolute Gasteiger partial charge is 0.354 e. The molecule has 1 aliphatic carbocycles. The molecule has 2 aromatic heterocycles. The van der Waals surface area contributed by atoms with Crippen LogP contribution in [0, 0.1) is 5.92 Å². The van der Waals surface area contributed by atoms with E-state index in [-0.39, 0.29) is 0 Å². The highest BCUT2D eigenvalue weighted by Gasteiger charge is 2.21. The van der Waals surface area contributed by atoms with Crippen LogP contribution in [-0.4, -0.2) is 9.97 Å². The summed E-state index contributed by atoms with van der Waals surface area (Å²) in [6.45, 7) is 0. The Labute approximate surface area is 185 Å². The van der Waals surface area contributed by atoms with E-state index < -0.39 is 0 Å². The van der Waals surface area contributed by atoms with Gasteiger partial charge in [0.25, 0.3) is 0 Å². The highest BCUT2D eigenvalue weighted by molar-refractivity contribution is 6.11. The molecule has 0 aliphatic heterocycles. The predicted octanol–water partition coefficient (Wildman–Crippen LogP) is 7.92. The van der Waals surface area contributed by atoms with Crippen LogP contribution in [0.2, 0.25) is 0 Å². The van der Waals surface area contributed by atoms with E-state index in [1.54, 1.807) is 0 Å². The molecule has 2 heterocycles. The molecule has 151 valence electrons. The first-order valence-electron chi connectivity index (χ1n) is 11.1. The molecule has 32 heavy (non-hydrogen) atoms. The molecule has 0 unspecified atom stereocenters. The quantitative estimate of drug-likeness (QED) is 0.291. The van der Waals surface area contributed by atoms with Crippen LogP contribution in [0.1, 0.15) is 17.5 Å². The highest BCUT2D eigenvalue weighted by atomic mass is 14.7. The second-order valence-electron chi connectivity index (χ2n) is 8.55. The molecule has 6 aromatic rings. The van der Waals surface area contributed by atoms with Crippen molar-refractivity contribution in [3.05, 3.63) is 120 Å². The van der Waals surface area contributed by atoms with Crippen LogP contribution in [-0.2, 0) is 0 Å². The Morgan fingerprint density at radius 1 is 0.531 bits per heavy atom. The third-order valence-electron chi connectivity index (χ3n) is 6.75. The molecule has 2 nitrogen and oxygen atoms in total. The minimum absolute atomic E-state index is 0.902. The van der Waals surface area contributed by atoms with Crippen LogP contribution < -0.4 is 0 Å². The number of hydrogen-bond donors (Lipinski definition) is 2. The number of allylic oxidation sites excluding steroid dienone is 4. The summed E-state index contributed by atoms with van der Waals surface area (Å²) in [6.07, 6.45) is 7.61. The van der Waals surface area contributed by atoms with Crippen LogP contribution in [0.5, 0.6) is 0 Å². The molecule has 2 heteroatoms. The minimum atomic E-state index is 0.902. The summed E-state index contributed by atoms with van der Waals surface area (Å²) >= 11 is 0. The second-order valence-corrected chi connectivity index (χ2v) is 8.55. The fraction of sp³-hybridized carbons (Fsp3) is 0.0333. The molecule has 0 spiro atoms. The lowest BCUT2D eigenvalue weighted by atomic mass is 9.84. The van der Waals surface area contributed by atoms with Gasteiger partial charge in [0.1, 0.15) is 0 Å². The van der Waals surface area contributed by atoms with Crippen LogP contribution >= 0.6 is 0 Å². The van der Waals surface area contributed by atoms with Crippen LogP contribution in [0.4, 0.5) is 0 Å². The standard InChI is InChI=1S/C30H21N2/c1-3-16-27-23(10-1)25-14-6-12-21(29(25)31-27)19-8-5-9-20(18-19)22-13-7-15-26-24-11-2-4-17-28(24)32-30(22)26/h1-17,31-32H,18H2. The van der Waals surface area contributed by atoms with Crippen molar-refractivity contribution in [1.82, 2.24) is 9.97 Å². The maximum absolute atomic E-state index is 3.67. The molecular weight excluding hydrogens is 388 g/mol. The predicted molar refractivity (Wildman–Crippen MR) is 136 cm³/mol. The van der Waals surface area contributed by atoms with E-state index in [0.717, 1.165) is 6.42 Å². The Morgan fingerprint density at radius 2 is 1.09 bits per heavy atom. The van der Waals surface area contributed by atoms with Crippen LogP contribution in [0.25, 0.3) is 49.2 Å². The van der Waals surface area contributed by atoms with Gasteiger partial charge >= 0.3 is 0 Å². The Kier molecular flexibility index (Phi) is 3.71. The van der Waals surface area contributed by atoms with E-state index in [0.29, 0.717) is 0 Å². The molecule has 1 radical (unpaired) electrons. The van der Waals surface area contributed by atoms with E-state index in [2.05, 4.69) is 113 Å². The van der Waals surface area contributed by atoms with Crippen LogP contribution in [0.3, 0.4) is 0 Å². The van der Waals surface area contributed by atoms with Crippen LogP contribution in [0.15, 0.2) is 103 Å². The topological polar surface area (TPSA) is 31.6 Å². The second kappa shape index (κ2) is 6.73. The number of aromatic nitrogens is 2. The normalized spacial score (nSPS) is 14.7. The van der Waals surface area contributed by atoms with Gasteiger partial charge in [-0.05, 0) is 29.7 Å².